The fourth-order valence-electron chi connectivity index (χ4n) is 3.47. The third kappa shape index (κ3) is 2.99. The molecule has 2 N–H and O–H groups in total. The van der Waals surface area contributed by atoms with Crippen LogP contribution in [0.15, 0.2) is 4.52 Å². The van der Waals surface area contributed by atoms with E-state index in [9.17, 15) is 0 Å². The van der Waals surface area contributed by atoms with Crippen LogP contribution in [0.1, 0.15) is 77.4 Å². The van der Waals surface area contributed by atoms with Gasteiger partial charge in [0.25, 0.3) is 0 Å². The van der Waals surface area contributed by atoms with E-state index in [0.717, 1.165) is 25.7 Å². The Morgan fingerprint density at radius 1 is 1.19 bits per heavy atom. The highest BCUT2D eigenvalue weighted by Crippen LogP contribution is 2.39. The number of hydrogen-bond donors (Lipinski definition) is 1. The molecule has 0 amide bonds. The summed E-state index contributed by atoms with van der Waals surface area (Å²) >= 11 is 0. The predicted octanol–water partition coefficient (Wildman–Crippen LogP) is 3.28. The highest BCUT2D eigenvalue weighted by molar-refractivity contribution is 5.11. The van der Waals surface area contributed by atoms with Gasteiger partial charge in [0.15, 0.2) is 0 Å². The molecular weight excluding hydrogens is 266 g/mol. The predicted molar refractivity (Wildman–Crippen MR) is 82.0 cm³/mol. The topological polar surface area (TPSA) is 74.2 Å². The number of aromatic nitrogens is 2. The lowest BCUT2D eigenvalue weighted by Gasteiger charge is -2.32. The summed E-state index contributed by atoms with van der Waals surface area (Å²) in [5.41, 5.74) is 5.50. The van der Waals surface area contributed by atoms with Crippen LogP contribution >= 0.6 is 0 Å². The monoisotopic (exact) mass is 295 g/mol. The second kappa shape index (κ2) is 6.88. The van der Waals surface area contributed by atoms with Gasteiger partial charge in [-0.1, -0.05) is 38.3 Å². The van der Waals surface area contributed by atoms with Crippen molar-refractivity contribution in [1.29, 1.82) is 0 Å². The van der Waals surface area contributed by atoms with Crippen molar-refractivity contribution in [1.82, 2.24) is 10.1 Å². The van der Waals surface area contributed by atoms with Crippen LogP contribution in [-0.4, -0.2) is 23.3 Å². The summed E-state index contributed by atoms with van der Waals surface area (Å²) in [6, 6.07) is 0. The summed E-state index contributed by atoms with van der Waals surface area (Å²) in [4.78, 5) is 4.73. The molecule has 1 heterocycles. The number of nitrogens with two attached hydrogens (primary N) is 1. The third-order valence-electron chi connectivity index (χ3n) is 5.05. The van der Waals surface area contributed by atoms with Crippen molar-refractivity contribution >= 4 is 0 Å². The SMILES string of the molecule is CCOC(CC)(CC)c1noc(C2(CN)CCCCC2)n1. The van der Waals surface area contributed by atoms with Crippen LogP contribution in [0.2, 0.25) is 0 Å². The zero-order valence-electron chi connectivity index (χ0n) is 13.7. The highest BCUT2D eigenvalue weighted by Gasteiger charge is 2.41. The minimum atomic E-state index is -0.430. The van der Waals surface area contributed by atoms with E-state index in [-0.39, 0.29) is 5.41 Å². The second-order valence-electron chi connectivity index (χ2n) is 6.10. The Morgan fingerprint density at radius 2 is 1.86 bits per heavy atom. The van der Waals surface area contributed by atoms with E-state index in [1.807, 2.05) is 6.92 Å². The van der Waals surface area contributed by atoms with Crippen molar-refractivity contribution in [3.05, 3.63) is 11.7 Å². The van der Waals surface area contributed by atoms with Gasteiger partial charge in [-0.2, -0.15) is 4.98 Å². The van der Waals surface area contributed by atoms with Crippen LogP contribution in [0.25, 0.3) is 0 Å². The number of nitrogens with zero attached hydrogens (tertiary/aromatic N) is 2. The fourth-order valence-corrected chi connectivity index (χ4v) is 3.47. The molecule has 0 aliphatic heterocycles. The zero-order valence-corrected chi connectivity index (χ0v) is 13.7. The first-order valence-corrected chi connectivity index (χ1v) is 8.35. The molecular formula is C16H29N3O2. The molecule has 1 aromatic heterocycles. The van der Waals surface area contributed by atoms with E-state index < -0.39 is 5.60 Å². The van der Waals surface area contributed by atoms with Crippen molar-refractivity contribution in [2.45, 2.75) is 76.7 Å². The van der Waals surface area contributed by atoms with E-state index >= 15 is 0 Å². The molecule has 0 unspecified atom stereocenters. The molecule has 1 aliphatic rings. The summed E-state index contributed by atoms with van der Waals surface area (Å²) < 4.78 is 11.6. The molecule has 0 saturated heterocycles. The maximum Gasteiger partial charge on any atom is 0.234 e. The molecule has 0 radical (unpaired) electrons. The van der Waals surface area contributed by atoms with Gasteiger partial charge in [-0.05, 0) is 32.6 Å². The van der Waals surface area contributed by atoms with Gasteiger partial charge in [0.2, 0.25) is 11.7 Å². The lowest BCUT2D eigenvalue weighted by atomic mass is 9.74. The number of rotatable bonds is 7. The molecule has 5 heteroatoms. The van der Waals surface area contributed by atoms with Crippen molar-refractivity contribution in [3.63, 3.8) is 0 Å². The Morgan fingerprint density at radius 3 is 2.38 bits per heavy atom. The van der Waals surface area contributed by atoms with Gasteiger partial charge in [0.1, 0.15) is 5.60 Å². The highest BCUT2D eigenvalue weighted by atomic mass is 16.5. The van der Waals surface area contributed by atoms with Gasteiger partial charge in [-0.15, -0.1) is 0 Å². The van der Waals surface area contributed by atoms with E-state index in [0.29, 0.717) is 24.9 Å². The fraction of sp³-hybridized carbons (Fsp3) is 0.875. The van der Waals surface area contributed by atoms with Crippen molar-refractivity contribution in [2.75, 3.05) is 13.2 Å². The largest absolute Gasteiger partial charge is 0.367 e. The van der Waals surface area contributed by atoms with Gasteiger partial charge >= 0.3 is 0 Å². The van der Waals surface area contributed by atoms with E-state index in [4.69, 9.17) is 20.0 Å². The molecule has 0 bridgehead atoms. The van der Waals surface area contributed by atoms with Crippen LogP contribution in [0, 0.1) is 0 Å². The van der Waals surface area contributed by atoms with E-state index in [1.165, 1.54) is 19.3 Å². The Kier molecular flexibility index (Phi) is 5.38. The first-order chi connectivity index (χ1) is 10.2. The first-order valence-electron chi connectivity index (χ1n) is 8.35. The Bertz CT molecular complexity index is 406. The minimum Gasteiger partial charge on any atom is -0.367 e. The number of ether oxygens (including phenoxy) is 1. The molecule has 0 atom stereocenters. The van der Waals surface area contributed by atoms with Gasteiger partial charge in [-0.25, -0.2) is 0 Å². The standard InChI is InChI=1S/C16H29N3O2/c1-4-16(5-2,20-6-3)13-18-14(21-19-13)15(12-17)10-8-7-9-11-15/h4-12,17H2,1-3H3. The maximum atomic E-state index is 6.05. The summed E-state index contributed by atoms with van der Waals surface area (Å²) in [6.07, 6.45) is 7.42. The normalized spacial score (nSPS) is 18.9. The molecule has 1 aliphatic carbocycles. The Hall–Kier alpha value is -0.940. The van der Waals surface area contributed by atoms with Crippen LogP contribution in [0.5, 0.6) is 0 Å². The van der Waals surface area contributed by atoms with Crippen molar-refractivity contribution in [3.8, 4) is 0 Å². The average molecular weight is 295 g/mol. The van der Waals surface area contributed by atoms with E-state index in [1.54, 1.807) is 0 Å². The Labute approximate surface area is 127 Å². The molecule has 0 aromatic carbocycles. The second-order valence-corrected chi connectivity index (χ2v) is 6.10. The van der Waals surface area contributed by atoms with Crippen molar-refractivity contribution < 1.29 is 9.26 Å². The molecule has 5 nitrogen and oxygen atoms in total. The van der Waals surface area contributed by atoms with Gasteiger partial charge in [-0.3, -0.25) is 0 Å². The summed E-state index contributed by atoms with van der Waals surface area (Å²) in [6.45, 7) is 7.44. The quantitative estimate of drug-likeness (QED) is 0.835. The molecule has 120 valence electrons. The van der Waals surface area contributed by atoms with Gasteiger partial charge in [0.05, 0.1) is 5.41 Å². The van der Waals surface area contributed by atoms with Gasteiger partial charge in [0, 0.05) is 13.2 Å². The molecule has 1 saturated carbocycles. The third-order valence-corrected chi connectivity index (χ3v) is 5.05. The maximum absolute atomic E-state index is 6.05. The number of hydrogen-bond acceptors (Lipinski definition) is 5. The Balaban J connectivity index is 2.31. The summed E-state index contributed by atoms with van der Waals surface area (Å²) in [7, 11) is 0. The molecule has 2 rings (SSSR count). The zero-order chi connectivity index (χ0) is 15.3. The van der Waals surface area contributed by atoms with Crippen LogP contribution in [0.4, 0.5) is 0 Å². The van der Waals surface area contributed by atoms with Crippen LogP contribution < -0.4 is 5.73 Å². The molecule has 21 heavy (non-hydrogen) atoms. The van der Waals surface area contributed by atoms with Crippen LogP contribution in [-0.2, 0) is 15.8 Å². The molecule has 1 aromatic rings. The van der Waals surface area contributed by atoms with Gasteiger partial charge < -0.3 is 15.0 Å². The minimum absolute atomic E-state index is 0.122. The molecule has 0 spiro atoms. The van der Waals surface area contributed by atoms with E-state index in [2.05, 4.69) is 19.0 Å². The van der Waals surface area contributed by atoms with Crippen LogP contribution in [0.3, 0.4) is 0 Å². The lowest BCUT2D eigenvalue weighted by Crippen LogP contribution is -2.38. The average Bonchev–Trinajstić information content (AvgIpc) is 3.04. The summed E-state index contributed by atoms with van der Waals surface area (Å²) in [5, 5.41) is 4.25. The first kappa shape index (κ1) is 16.4. The molecule has 1 fully saturated rings. The van der Waals surface area contributed by atoms with Crippen molar-refractivity contribution in [2.24, 2.45) is 5.73 Å². The summed E-state index contributed by atoms with van der Waals surface area (Å²) in [5.74, 6) is 1.40. The smallest absolute Gasteiger partial charge is 0.234 e. The lowest BCUT2D eigenvalue weighted by molar-refractivity contribution is -0.0583.